The Bertz CT molecular complexity index is 1020. The number of thiazole rings is 1. The first-order valence-electron chi connectivity index (χ1n) is 8.16. The zero-order valence-corrected chi connectivity index (χ0v) is 16.0. The van der Waals surface area contributed by atoms with Crippen LogP contribution >= 0.6 is 11.3 Å². The highest BCUT2D eigenvalue weighted by Gasteiger charge is 2.14. The first-order chi connectivity index (χ1) is 13.1. The van der Waals surface area contributed by atoms with Crippen LogP contribution in [0.4, 0.5) is 4.39 Å². The molecule has 27 heavy (non-hydrogen) atoms. The van der Waals surface area contributed by atoms with Crippen LogP contribution < -0.4 is 14.3 Å². The van der Waals surface area contributed by atoms with E-state index in [-0.39, 0.29) is 5.82 Å². The van der Waals surface area contributed by atoms with Crippen LogP contribution in [0.5, 0.6) is 11.5 Å². The van der Waals surface area contributed by atoms with Crippen molar-refractivity contribution in [3.8, 4) is 11.5 Å². The maximum Gasteiger partial charge on any atom is 0.279 e. The second-order valence-corrected chi connectivity index (χ2v) is 6.64. The van der Waals surface area contributed by atoms with E-state index in [1.165, 1.54) is 31.6 Å². The zero-order valence-electron chi connectivity index (χ0n) is 15.2. The van der Waals surface area contributed by atoms with Crippen molar-refractivity contribution in [1.29, 1.82) is 0 Å². The number of carbonyl (C=O) groups excluding carboxylic acids is 1. The van der Waals surface area contributed by atoms with Crippen molar-refractivity contribution in [2.45, 2.75) is 6.54 Å². The van der Waals surface area contributed by atoms with Crippen molar-refractivity contribution < 1.29 is 23.4 Å². The third-order valence-electron chi connectivity index (χ3n) is 3.97. The van der Waals surface area contributed by atoms with Gasteiger partial charge < -0.3 is 18.8 Å². The number of hydrogen-bond donors (Lipinski definition) is 0. The van der Waals surface area contributed by atoms with Crippen LogP contribution in [0.15, 0.2) is 41.4 Å². The van der Waals surface area contributed by atoms with E-state index in [4.69, 9.17) is 14.2 Å². The third-order valence-corrected chi connectivity index (χ3v) is 5.01. The number of rotatable bonds is 6. The van der Waals surface area contributed by atoms with Gasteiger partial charge in [-0.2, -0.15) is 4.99 Å². The van der Waals surface area contributed by atoms with Crippen molar-refractivity contribution >= 4 is 27.5 Å². The highest BCUT2D eigenvalue weighted by molar-refractivity contribution is 7.16. The lowest BCUT2D eigenvalue weighted by atomic mass is 10.2. The maximum absolute atomic E-state index is 14.3. The van der Waals surface area contributed by atoms with Crippen LogP contribution in [-0.2, 0) is 11.3 Å². The van der Waals surface area contributed by atoms with Gasteiger partial charge in [-0.15, -0.1) is 0 Å². The molecule has 0 saturated carbocycles. The van der Waals surface area contributed by atoms with Gasteiger partial charge in [0.25, 0.3) is 5.91 Å². The summed E-state index contributed by atoms with van der Waals surface area (Å²) in [4.78, 5) is 17.4. The average molecular weight is 390 g/mol. The molecule has 1 heterocycles. The van der Waals surface area contributed by atoms with Crippen LogP contribution in [-0.4, -0.2) is 38.4 Å². The molecule has 0 atom stereocenters. The van der Waals surface area contributed by atoms with Crippen LogP contribution in [0.25, 0.3) is 10.2 Å². The van der Waals surface area contributed by atoms with Crippen LogP contribution in [0.1, 0.15) is 10.4 Å². The molecule has 3 aromatic rings. The fourth-order valence-electron chi connectivity index (χ4n) is 2.64. The van der Waals surface area contributed by atoms with Gasteiger partial charge in [0, 0.05) is 25.3 Å². The van der Waals surface area contributed by atoms with Gasteiger partial charge in [-0.25, -0.2) is 4.39 Å². The van der Waals surface area contributed by atoms with Gasteiger partial charge in [-0.3, -0.25) is 4.79 Å². The number of aromatic nitrogens is 1. The van der Waals surface area contributed by atoms with Gasteiger partial charge >= 0.3 is 0 Å². The van der Waals surface area contributed by atoms with E-state index in [1.807, 2.05) is 0 Å². The Morgan fingerprint density at radius 2 is 1.85 bits per heavy atom. The second-order valence-electron chi connectivity index (χ2n) is 5.63. The number of carbonyl (C=O) groups is 1. The minimum absolute atomic E-state index is 0.322. The predicted octanol–water partition coefficient (Wildman–Crippen LogP) is 3.25. The predicted molar refractivity (Wildman–Crippen MR) is 101 cm³/mol. The summed E-state index contributed by atoms with van der Waals surface area (Å²) >= 11 is 1.25. The Morgan fingerprint density at radius 3 is 2.48 bits per heavy atom. The molecule has 0 aliphatic carbocycles. The van der Waals surface area contributed by atoms with E-state index in [1.54, 1.807) is 42.0 Å². The summed E-state index contributed by atoms with van der Waals surface area (Å²) in [6.07, 6.45) is 0. The van der Waals surface area contributed by atoms with E-state index < -0.39 is 5.91 Å². The summed E-state index contributed by atoms with van der Waals surface area (Å²) < 4.78 is 32.2. The number of methoxy groups -OCH3 is 3. The summed E-state index contributed by atoms with van der Waals surface area (Å²) in [7, 11) is 4.58. The molecule has 1 aromatic heterocycles. The lowest BCUT2D eigenvalue weighted by Gasteiger charge is -2.06. The molecule has 0 N–H and O–H groups in total. The molecule has 2 aromatic carbocycles. The third kappa shape index (κ3) is 4.01. The van der Waals surface area contributed by atoms with Crippen LogP contribution in [0, 0.1) is 5.82 Å². The van der Waals surface area contributed by atoms with E-state index in [0.29, 0.717) is 45.2 Å². The number of halogens is 1. The zero-order chi connectivity index (χ0) is 19.4. The van der Waals surface area contributed by atoms with Crippen molar-refractivity contribution in [2.75, 3.05) is 27.9 Å². The van der Waals surface area contributed by atoms with Gasteiger partial charge in [0.15, 0.2) is 4.80 Å². The second kappa shape index (κ2) is 8.32. The number of ether oxygens (including phenoxy) is 3. The summed E-state index contributed by atoms with van der Waals surface area (Å²) in [5.41, 5.74) is 0.733. The number of amides is 1. The Balaban J connectivity index is 2.12. The molecule has 1 amide bonds. The molecule has 6 nitrogen and oxygen atoms in total. The van der Waals surface area contributed by atoms with E-state index in [0.717, 1.165) is 0 Å². The normalized spacial score (nSPS) is 11.8. The van der Waals surface area contributed by atoms with Gasteiger partial charge in [-0.1, -0.05) is 17.4 Å². The first-order valence-corrected chi connectivity index (χ1v) is 8.98. The summed E-state index contributed by atoms with van der Waals surface area (Å²) in [5, 5.41) is 0. The van der Waals surface area contributed by atoms with Gasteiger partial charge in [0.2, 0.25) is 0 Å². The summed E-state index contributed by atoms with van der Waals surface area (Å²) in [6.45, 7) is 0.750. The lowest BCUT2D eigenvalue weighted by molar-refractivity contribution is 0.0996. The Hall–Kier alpha value is -2.71. The molecule has 0 fully saturated rings. The summed E-state index contributed by atoms with van der Waals surface area (Å²) in [5.74, 6) is 0.146. The smallest absolute Gasteiger partial charge is 0.279 e. The molecule has 0 unspecified atom stereocenters. The number of nitrogens with zero attached hydrogens (tertiary/aromatic N) is 2. The molecule has 142 valence electrons. The fraction of sp³-hybridized carbons (Fsp3) is 0.263. The van der Waals surface area contributed by atoms with Gasteiger partial charge in [0.1, 0.15) is 17.3 Å². The van der Waals surface area contributed by atoms with E-state index in [9.17, 15) is 9.18 Å². The van der Waals surface area contributed by atoms with Gasteiger partial charge in [-0.05, 0) is 24.3 Å². The first kappa shape index (κ1) is 19.1. The summed E-state index contributed by atoms with van der Waals surface area (Å²) in [6, 6.07) is 9.66. The fourth-order valence-corrected chi connectivity index (χ4v) is 3.71. The molecule has 0 radical (unpaired) electrons. The van der Waals surface area contributed by atoms with E-state index >= 15 is 0 Å². The standard InChI is InChI=1S/C19H19FN2O4S/c1-24-8-7-22-17-15(20)5-4-6-16(17)27-19(22)21-18(23)12-9-13(25-2)11-14(10-12)26-3/h4-6,9-11H,7-8H2,1-3H3. The largest absolute Gasteiger partial charge is 0.497 e. The minimum Gasteiger partial charge on any atom is -0.497 e. The maximum atomic E-state index is 14.3. The van der Waals surface area contributed by atoms with Crippen molar-refractivity contribution in [3.63, 3.8) is 0 Å². The molecule has 3 rings (SSSR count). The topological polar surface area (TPSA) is 62.1 Å². The SMILES string of the molecule is COCCn1c(=NC(=O)c2cc(OC)cc(OC)c2)sc2cccc(F)c21. The quantitative estimate of drug-likeness (QED) is 0.648. The highest BCUT2D eigenvalue weighted by atomic mass is 32.1. The number of fused-ring (bicyclic) bond motifs is 1. The Kier molecular flexibility index (Phi) is 5.88. The van der Waals surface area contributed by atoms with Crippen LogP contribution in [0.2, 0.25) is 0 Å². The van der Waals surface area contributed by atoms with Crippen molar-refractivity contribution in [2.24, 2.45) is 4.99 Å². The molecule has 0 spiro atoms. The molecular formula is C19H19FN2O4S. The average Bonchev–Trinajstić information content (AvgIpc) is 3.04. The van der Waals surface area contributed by atoms with E-state index in [2.05, 4.69) is 4.99 Å². The molecule has 0 bridgehead atoms. The number of hydrogen-bond acceptors (Lipinski definition) is 5. The number of para-hydroxylation sites is 1. The Morgan fingerprint density at radius 1 is 1.15 bits per heavy atom. The molecule has 0 aliphatic rings. The van der Waals surface area contributed by atoms with Crippen molar-refractivity contribution in [1.82, 2.24) is 4.57 Å². The van der Waals surface area contributed by atoms with Gasteiger partial charge in [0.05, 0.1) is 31.0 Å². The molecular weight excluding hydrogens is 371 g/mol. The Labute approximate surface area is 159 Å². The molecule has 0 saturated heterocycles. The lowest BCUT2D eigenvalue weighted by Crippen LogP contribution is -2.20. The molecule has 8 heteroatoms. The highest BCUT2D eigenvalue weighted by Crippen LogP contribution is 2.24. The minimum atomic E-state index is -0.467. The van der Waals surface area contributed by atoms with Crippen LogP contribution in [0.3, 0.4) is 0 Å². The monoisotopic (exact) mass is 390 g/mol. The molecule has 0 aliphatic heterocycles. The number of benzene rings is 2. The van der Waals surface area contributed by atoms with Crippen molar-refractivity contribution in [3.05, 3.63) is 52.6 Å².